The summed E-state index contributed by atoms with van der Waals surface area (Å²) in [4.78, 5) is 12.6. The van der Waals surface area contributed by atoms with Crippen LogP contribution in [0.15, 0.2) is 60.9 Å². The average molecular weight is 357 g/mol. The zero-order valence-electron chi connectivity index (χ0n) is 13.7. The van der Waals surface area contributed by atoms with Gasteiger partial charge < -0.3 is 0 Å². The number of rotatable bonds is 6. The van der Waals surface area contributed by atoms with Crippen molar-refractivity contribution in [1.29, 1.82) is 0 Å². The molecule has 1 heterocycles. The lowest BCUT2D eigenvalue weighted by Crippen LogP contribution is -2.17. The third-order valence-electron chi connectivity index (χ3n) is 3.84. The van der Waals surface area contributed by atoms with Crippen LogP contribution in [-0.4, -0.2) is 26.7 Å². The molecule has 6 nitrogen and oxygen atoms in total. The van der Waals surface area contributed by atoms with Crippen LogP contribution in [0.25, 0.3) is 5.69 Å². The van der Waals surface area contributed by atoms with Crippen molar-refractivity contribution in [3.8, 4) is 5.69 Å². The predicted molar refractivity (Wildman–Crippen MR) is 96.8 cm³/mol. The van der Waals surface area contributed by atoms with Crippen LogP contribution in [0.2, 0.25) is 5.02 Å². The molecule has 25 heavy (non-hydrogen) atoms. The van der Waals surface area contributed by atoms with Gasteiger partial charge in [0, 0.05) is 42.6 Å². The molecule has 0 N–H and O–H groups in total. The Morgan fingerprint density at radius 3 is 2.60 bits per heavy atom. The van der Waals surface area contributed by atoms with Crippen molar-refractivity contribution in [2.24, 2.45) is 0 Å². The van der Waals surface area contributed by atoms with Gasteiger partial charge in [-0.2, -0.15) is 5.10 Å². The van der Waals surface area contributed by atoms with Gasteiger partial charge in [0.25, 0.3) is 5.69 Å². The smallest absolute Gasteiger partial charge is 0.269 e. The first-order valence-corrected chi connectivity index (χ1v) is 8.11. The first-order chi connectivity index (χ1) is 12.0. The highest BCUT2D eigenvalue weighted by molar-refractivity contribution is 6.31. The number of hydrogen-bond donors (Lipinski definition) is 0. The summed E-state index contributed by atoms with van der Waals surface area (Å²) in [5.74, 6) is 0. The summed E-state index contributed by atoms with van der Waals surface area (Å²) in [6.07, 6.45) is 3.63. The van der Waals surface area contributed by atoms with E-state index in [9.17, 15) is 10.1 Å². The van der Waals surface area contributed by atoms with Gasteiger partial charge in [0.05, 0.1) is 10.6 Å². The summed E-state index contributed by atoms with van der Waals surface area (Å²) in [7, 11) is 1.95. The molecule has 1 aromatic heterocycles. The van der Waals surface area contributed by atoms with Crippen LogP contribution in [0.5, 0.6) is 0 Å². The highest BCUT2D eigenvalue weighted by Crippen LogP contribution is 2.23. The second-order valence-electron chi connectivity index (χ2n) is 5.82. The molecule has 128 valence electrons. The Morgan fingerprint density at radius 2 is 1.96 bits per heavy atom. The molecule has 7 heteroatoms. The van der Waals surface area contributed by atoms with Crippen LogP contribution in [0.1, 0.15) is 11.1 Å². The first kappa shape index (κ1) is 17.1. The summed E-state index contributed by atoms with van der Waals surface area (Å²) in [5, 5.41) is 15.6. The Hall–Kier alpha value is -2.70. The van der Waals surface area contributed by atoms with Crippen LogP contribution in [-0.2, 0) is 13.1 Å². The maximum absolute atomic E-state index is 10.9. The normalized spacial score (nSPS) is 11.0. The van der Waals surface area contributed by atoms with Crippen LogP contribution in [0.4, 0.5) is 5.69 Å². The average Bonchev–Trinajstić information content (AvgIpc) is 3.12. The second kappa shape index (κ2) is 7.46. The molecule has 0 aliphatic heterocycles. The minimum Gasteiger partial charge on any atom is -0.298 e. The van der Waals surface area contributed by atoms with E-state index in [1.807, 2.05) is 43.6 Å². The van der Waals surface area contributed by atoms with Gasteiger partial charge in [-0.1, -0.05) is 23.7 Å². The van der Waals surface area contributed by atoms with Crippen LogP contribution in [0.3, 0.4) is 0 Å². The summed E-state index contributed by atoms with van der Waals surface area (Å²) < 4.78 is 1.80. The van der Waals surface area contributed by atoms with E-state index >= 15 is 0 Å². The highest BCUT2D eigenvalue weighted by atomic mass is 35.5. The fourth-order valence-corrected chi connectivity index (χ4v) is 2.81. The molecule has 0 radical (unpaired) electrons. The second-order valence-corrected chi connectivity index (χ2v) is 6.23. The van der Waals surface area contributed by atoms with E-state index in [-0.39, 0.29) is 5.69 Å². The lowest BCUT2D eigenvalue weighted by molar-refractivity contribution is -0.384. The van der Waals surface area contributed by atoms with Gasteiger partial charge in [0.1, 0.15) is 0 Å². The number of hydrogen-bond acceptors (Lipinski definition) is 4. The number of non-ortho nitro benzene ring substituents is 1. The van der Waals surface area contributed by atoms with Gasteiger partial charge >= 0.3 is 0 Å². The largest absolute Gasteiger partial charge is 0.298 e. The van der Waals surface area contributed by atoms with Crippen molar-refractivity contribution in [2.75, 3.05) is 7.05 Å². The zero-order valence-corrected chi connectivity index (χ0v) is 14.4. The zero-order chi connectivity index (χ0) is 17.8. The van der Waals surface area contributed by atoms with Crippen molar-refractivity contribution >= 4 is 17.3 Å². The first-order valence-electron chi connectivity index (χ1n) is 7.73. The van der Waals surface area contributed by atoms with Gasteiger partial charge in [0.2, 0.25) is 0 Å². The maximum atomic E-state index is 10.9. The van der Waals surface area contributed by atoms with E-state index in [0.717, 1.165) is 16.8 Å². The molecule has 0 unspecified atom stereocenters. The highest BCUT2D eigenvalue weighted by Gasteiger charge is 2.11. The Kier molecular flexibility index (Phi) is 5.11. The fraction of sp³-hybridized carbons (Fsp3) is 0.167. The van der Waals surface area contributed by atoms with Crippen molar-refractivity contribution in [1.82, 2.24) is 14.7 Å². The summed E-state index contributed by atoms with van der Waals surface area (Å²) in [6.45, 7) is 1.24. The molecular formula is C18H17ClN4O2. The quantitative estimate of drug-likeness (QED) is 0.493. The Labute approximate surface area is 150 Å². The third kappa shape index (κ3) is 4.23. The number of halogens is 1. The van der Waals surface area contributed by atoms with Crippen LogP contribution in [0, 0.1) is 10.1 Å². The molecule has 0 atom stereocenters. The third-order valence-corrected chi connectivity index (χ3v) is 4.21. The molecule has 3 rings (SSSR count). The van der Waals surface area contributed by atoms with Crippen LogP contribution >= 0.6 is 11.6 Å². The van der Waals surface area contributed by atoms with Gasteiger partial charge in [-0.25, -0.2) is 4.68 Å². The number of nitro benzene ring substituents is 1. The molecule has 0 fully saturated rings. The van der Waals surface area contributed by atoms with Crippen LogP contribution < -0.4 is 0 Å². The molecule has 3 aromatic rings. The molecule has 0 bridgehead atoms. The Bertz CT molecular complexity index is 863. The molecule has 0 aliphatic rings. The summed E-state index contributed by atoms with van der Waals surface area (Å²) >= 11 is 6.17. The monoisotopic (exact) mass is 356 g/mol. The van der Waals surface area contributed by atoms with Crippen molar-refractivity contribution in [3.05, 3.63) is 87.2 Å². The molecule has 0 spiro atoms. The number of aromatic nitrogens is 2. The standard InChI is InChI=1S/C18H17ClN4O2/c1-21(13-15-11-17(23(24)25)7-8-18(15)19)12-14-3-5-16(6-4-14)22-10-2-9-20-22/h2-11H,12-13H2,1H3. The summed E-state index contributed by atoms with van der Waals surface area (Å²) in [5.41, 5.74) is 2.93. The van der Waals surface area contributed by atoms with Crippen molar-refractivity contribution in [3.63, 3.8) is 0 Å². The molecule has 0 saturated heterocycles. The van der Waals surface area contributed by atoms with Crippen molar-refractivity contribution < 1.29 is 4.92 Å². The lowest BCUT2D eigenvalue weighted by atomic mass is 10.1. The topological polar surface area (TPSA) is 64.2 Å². The summed E-state index contributed by atoms with van der Waals surface area (Å²) in [6, 6.07) is 14.5. The molecule has 0 amide bonds. The van der Waals surface area contributed by atoms with E-state index in [2.05, 4.69) is 10.00 Å². The number of benzene rings is 2. The van der Waals surface area contributed by atoms with E-state index in [1.54, 1.807) is 16.9 Å². The van der Waals surface area contributed by atoms with Gasteiger partial charge in [-0.05, 0) is 42.4 Å². The Morgan fingerprint density at radius 1 is 1.20 bits per heavy atom. The minimum absolute atomic E-state index is 0.0522. The van der Waals surface area contributed by atoms with Gasteiger partial charge in [-0.3, -0.25) is 15.0 Å². The van der Waals surface area contributed by atoms with Gasteiger partial charge in [0.15, 0.2) is 0 Å². The minimum atomic E-state index is -0.409. The van der Waals surface area contributed by atoms with E-state index < -0.39 is 4.92 Å². The fourth-order valence-electron chi connectivity index (χ4n) is 2.63. The predicted octanol–water partition coefficient (Wildman–Crippen LogP) is 4.07. The maximum Gasteiger partial charge on any atom is 0.269 e. The van der Waals surface area contributed by atoms with E-state index in [0.29, 0.717) is 18.1 Å². The molecular weight excluding hydrogens is 340 g/mol. The van der Waals surface area contributed by atoms with Gasteiger partial charge in [-0.15, -0.1) is 0 Å². The van der Waals surface area contributed by atoms with E-state index in [1.165, 1.54) is 12.1 Å². The molecule has 0 saturated carbocycles. The number of nitro groups is 1. The number of nitrogens with zero attached hydrogens (tertiary/aromatic N) is 4. The van der Waals surface area contributed by atoms with Crippen molar-refractivity contribution in [2.45, 2.75) is 13.1 Å². The van der Waals surface area contributed by atoms with E-state index in [4.69, 9.17) is 11.6 Å². The molecule has 2 aromatic carbocycles. The SMILES string of the molecule is CN(Cc1ccc(-n2cccn2)cc1)Cc1cc([N+](=O)[O-])ccc1Cl. The molecule has 0 aliphatic carbocycles. The lowest BCUT2D eigenvalue weighted by Gasteiger charge is -2.18. The Balaban J connectivity index is 1.67.